The summed E-state index contributed by atoms with van der Waals surface area (Å²) in [6.45, 7) is 5.10. The van der Waals surface area contributed by atoms with E-state index in [0.717, 1.165) is 18.5 Å². The van der Waals surface area contributed by atoms with Gasteiger partial charge in [0.05, 0.1) is 6.10 Å². The fourth-order valence-corrected chi connectivity index (χ4v) is 2.04. The molecule has 1 heterocycles. The minimum absolute atomic E-state index is 0.313. The van der Waals surface area contributed by atoms with E-state index in [1.165, 1.54) is 12.8 Å². The molecule has 2 nitrogen and oxygen atoms in total. The monoisotopic (exact) mass is 221 g/mol. The summed E-state index contributed by atoms with van der Waals surface area (Å²) >= 11 is 0. The van der Waals surface area contributed by atoms with Gasteiger partial charge in [-0.2, -0.15) is 0 Å². The van der Waals surface area contributed by atoms with Gasteiger partial charge in [0.2, 0.25) is 0 Å². The maximum absolute atomic E-state index is 9.94. The van der Waals surface area contributed by atoms with Crippen LogP contribution in [0.5, 0.6) is 0 Å². The van der Waals surface area contributed by atoms with Crippen LogP contribution in [0.4, 0.5) is 0 Å². The second kappa shape index (κ2) is 7.42. The highest BCUT2D eigenvalue weighted by Gasteiger charge is 2.18. The summed E-state index contributed by atoms with van der Waals surface area (Å²) in [6, 6.07) is 10.4. The van der Waals surface area contributed by atoms with Gasteiger partial charge >= 0.3 is 0 Å². The van der Waals surface area contributed by atoms with Crippen molar-refractivity contribution in [3.05, 3.63) is 35.9 Å². The van der Waals surface area contributed by atoms with Crippen LogP contribution in [0.15, 0.2) is 30.3 Å². The van der Waals surface area contributed by atoms with Crippen LogP contribution in [0.2, 0.25) is 0 Å². The Labute approximate surface area is 98.7 Å². The summed E-state index contributed by atoms with van der Waals surface area (Å²) in [7, 11) is 0. The maximum Gasteiger partial charge on any atom is 0.0804 e. The van der Waals surface area contributed by atoms with E-state index in [-0.39, 0.29) is 6.10 Å². The molecular formula is C14H23NO. The average Bonchev–Trinajstić information content (AvgIpc) is 2.86. The second-order valence-electron chi connectivity index (χ2n) is 3.96. The maximum atomic E-state index is 9.94. The summed E-state index contributed by atoms with van der Waals surface area (Å²) in [5.41, 5.74) is 1.03. The van der Waals surface area contributed by atoms with E-state index in [1.807, 2.05) is 44.2 Å². The molecule has 1 aromatic carbocycles. The Morgan fingerprint density at radius 1 is 1.31 bits per heavy atom. The molecule has 1 saturated heterocycles. The smallest absolute Gasteiger partial charge is 0.0804 e. The van der Waals surface area contributed by atoms with E-state index in [2.05, 4.69) is 5.32 Å². The lowest BCUT2D eigenvalue weighted by atomic mass is 10.0. The number of aliphatic hydroxyl groups is 1. The zero-order chi connectivity index (χ0) is 11.8. The summed E-state index contributed by atoms with van der Waals surface area (Å²) in [5, 5.41) is 13.3. The fraction of sp³-hybridized carbons (Fsp3) is 0.571. The van der Waals surface area contributed by atoms with Crippen LogP contribution in [0.3, 0.4) is 0 Å². The third-order valence-electron chi connectivity index (χ3n) is 2.85. The van der Waals surface area contributed by atoms with Crippen molar-refractivity contribution in [2.24, 2.45) is 0 Å². The van der Waals surface area contributed by atoms with Gasteiger partial charge in [0.15, 0.2) is 0 Å². The van der Waals surface area contributed by atoms with Crippen LogP contribution >= 0.6 is 0 Å². The molecule has 1 fully saturated rings. The zero-order valence-corrected chi connectivity index (χ0v) is 10.3. The summed E-state index contributed by atoms with van der Waals surface area (Å²) in [5.74, 6) is 0. The van der Waals surface area contributed by atoms with Crippen molar-refractivity contribution in [2.45, 2.75) is 45.3 Å². The van der Waals surface area contributed by atoms with Crippen molar-refractivity contribution in [3.8, 4) is 0 Å². The highest BCUT2D eigenvalue weighted by Crippen LogP contribution is 2.21. The molecule has 0 aliphatic carbocycles. The third-order valence-corrected chi connectivity index (χ3v) is 2.85. The molecule has 90 valence electrons. The normalized spacial score (nSPS) is 21.1. The molecule has 0 saturated carbocycles. The van der Waals surface area contributed by atoms with Crippen LogP contribution in [0, 0.1) is 0 Å². The Kier molecular flexibility index (Phi) is 6.12. The number of nitrogens with one attached hydrogen (secondary N) is 1. The van der Waals surface area contributed by atoms with Crippen molar-refractivity contribution < 1.29 is 5.11 Å². The van der Waals surface area contributed by atoms with Crippen molar-refractivity contribution in [1.29, 1.82) is 0 Å². The van der Waals surface area contributed by atoms with E-state index < -0.39 is 0 Å². The van der Waals surface area contributed by atoms with Gasteiger partial charge in [0.1, 0.15) is 0 Å². The minimum atomic E-state index is -0.313. The molecule has 2 heteroatoms. The zero-order valence-electron chi connectivity index (χ0n) is 10.3. The van der Waals surface area contributed by atoms with Gasteiger partial charge in [-0.25, -0.2) is 0 Å². The molecule has 0 amide bonds. The van der Waals surface area contributed by atoms with Gasteiger partial charge in [0, 0.05) is 6.04 Å². The van der Waals surface area contributed by atoms with Crippen molar-refractivity contribution >= 4 is 0 Å². The molecule has 0 bridgehead atoms. The highest BCUT2D eigenvalue weighted by atomic mass is 16.3. The molecule has 2 unspecified atom stereocenters. The van der Waals surface area contributed by atoms with Crippen LogP contribution in [-0.4, -0.2) is 17.7 Å². The molecule has 16 heavy (non-hydrogen) atoms. The number of rotatable bonds is 3. The molecule has 2 rings (SSSR count). The Bertz CT molecular complexity index is 267. The summed E-state index contributed by atoms with van der Waals surface area (Å²) in [6.07, 6.45) is 2.96. The topological polar surface area (TPSA) is 32.3 Å². The predicted octanol–water partition coefficient (Wildman–Crippen LogP) is 2.89. The van der Waals surface area contributed by atoms with E-state index >= 15 is 0 Å². The number of benzene rings is 1. The van der Waals surface area contributed by atoms with Crippen LogP contribution in [0.1, 0.15) is 44.8 Å². The molecule has 2 atom stereocenters. The molecule has 0 aromatic heterocycles. The van der Waals surface area contributed by atoms with E-state index in [4.69, 9.17) is 0 Å². The van der Waals surface area contributed by atoms with Crippen LogP contribution < -0.4 is 5.32 Å². The molecular weight excluding hydrogens is 198 g/mol. The Morgan fingerprint density at radius 2 is 2.00 bits per heavy atom. The largest absolute Gasteiger partial charge is 0.388 e. The summed E-state index contributed by atoms with van der Waals surface area (Å²) < 4.78 is 0. The van der Waals surface area contributed by atoms with Gasteiger partial charge in [-0.15, -0.1) is 0 Å². The van der Waals surface area contributed by atoms with Gasteiger partial charge in [0.25, 0.3) is 0 Å². The average molecular weight is 221 g/mol. The number of hydrogen-bond acceptors (Lipinski definition) is 2. The second-order valence-corrected chi connectivity index (χ2v) is 3.96. The van der Waals surface area contributed by atoms with Crippen LogP contribution in [-0.2, 0) is 0 Å². The summed E-state index contributed by atoms with van der Waals surface area (Å²) in [4.78, 5) is 0. The Balaban J connectivity index is 0.000000606. The first-order chi connectivity index (χ1) is 7.86. The molecule has 0 radical (unpaired) electrons. The Morgan fingerprint density at radius 3 is 2.56 bits per heavy atom. The lowest BCUT2D eigenvalue weighted by Crippen LogP contribution is -2.23. The number of hydrogen-bond donors (Lipinski definition) is 2. The highest BCUT2D eigenvalue weighted by molar-refractivity contribution is 5.17. The fourth-order valence-electron chi connectivity index (χ4n) is 2.04. The molecule has 1 aliphatic heterocycles. The first-order valence-corrected chi connectivity index (χ1v) is 6.32. The lowest BCUT2D eigenvalue weighted by molar-refractivity contribution is 0.154. The molecule has 1 aliphatic rings. The first kappa shape index (κ1) is 13.2. The van der Waals surface area contributed by atoms with Gasteiger partial charge in [-0.05, 0) is 31.4 Å². The molecule has 1 aromatic rings. The third kappa shape index (κ3) is 3.95. The lowest BCUT2D eigenvalue weighted by Gasteiger charge is -2.15. The quantitative estimate of drug-likeness (QED) is 0.822. The van der Waals surface area contributed by atoms with Crippen LogP contribution in [0.25, 0.3) is 0 Å². The van der Waals surface area contributed by atoms with Crippen molar-refractivity contribution in [3.63, 3.8) is 0 Å². The van der Waals surface area contributed by atoms with Crippen molar-refractivity contribution in [2.75, 3.05) is 6.54 Å². The first-order valence-electron chi connectivity index (χ1n) is 6.32. The van der Waals surface area contributed by atoms with E-state index in [1.54, 1.807) is 0 Å². The minimum Gasteiger partial charge on any atom is -0.388 e. The van der Waals surface area contributed by atoms with Gasteiger partial charge in [-0.1, -0.05) is 44.2 Å². The van der Waals surface area contributed by atoms with E-state index in [9.17, 15) is 5.11 Å². The Hall–Kier alpha value is -0.860. The number of aliphatic hydroxyl groups excluding tert-OH is 1. The van der Waals surface area contributed by atoms with Gasteiger partial charge in [-0.3, -0.25) is 0 Å². The molecule has 0 spiro atoms. The van der Waals surface area contributed by atoms with Crippen molar-refractivity contribution in [1.82, 2.24) is 5.32 Å². The standard InChI is InChI=1S/C12H17NO.C2H6/c14-12(9-11-7-4-8-13-11)10-5-2-1-3-6-10;1-2/h1-3,5-6,11-14H,4,7-9H2;1-2H3. The predicted molar refractivity (Wildman–Crippen MR) is 68.4 cm³/mol. The van der Waals surface area contributed by atoms with E-state index in [0.29, 0.717) is 6.04 Å². The van der Waals surface area contributed by atoms with Gasteiger partial charge < -0.3 is 10.4 Å². The SMILES string of the molecule is CC.OC(CC1CCCN1)c1ccccc1. The molecule has 2 N–H and O–H groups in total.